The molecule has 0 spiro atoms. The van der Waals surface area contributed by atoms with Gasteiger partial charge in [-0.1, -0.05) is 6.07 Å². The molecule has 1 aromatic heterocycles. The molecule has 0 atom stereocenters. The molecule has 22 heavy (non-hydrogen) atoms. The Bertz CT molecular complexity index is 708. The van der Waals surface area contributed by atoms with Gasteiger partial charge in [0.1, 0.15) is 0 Å². The number of benzene rings is 1. The van der Waals surface area contributed by atoms with E-state index in [2.05, 4.69) is 20.8 Å². The van der Waals surface area contributed by atoms with Crippen molar-refractivity contribution in [2.75, 3.05) is 5.32 Å². The maximum Gasteiger partial charge on any atom is 0.271 e. The van der Waals surface area contributed by atoms with Crippen molar-refractivity contribution in [2.45, 2.75) is 13.8 Å². The van der Waals surface area contributed by atoms with Crippen LogP contribution in [0.2, 0.25) is 0 Å². The lowest BCUT2D eigenvalue weighted by Gasteiger charge is -2.03. The van der Waals surface area contributed by atoms with E-state index in [-0.39, 0.29) is 11.8 Å². The largest absolute Gasteiger partial charge is 0.326 e. The Morgan fingerprint density at radius 2 is 1.86 bits per heavy atom. The second-order valence-electron chi connectivity index (χ2n) is 4.66. The lowest BCUT2D eigenvalue weighted by Crippen LogP contribution is -2.17. The van der Waals surface area contributed by atoms with E-state index in [1.165, 1.54) is 13.1 Å². The third-order valence-electron chi connectivity index (χ3n) is 2.74. The second kappa shape index (κ2) is 7.12. The molecule has 6 nitrogen and oxygen atoms in total. The summed E-state index contributed by atoms with van der Waals surface area (Å²) in [4.78, 5) is 27.1. The fraction of sp³-hybridized carbons (Fsp3) is 0.125. The van der Waals surface area contributed by atoms with E-state index in [1.807, 2.05) is 19.1 Å². The molecule has 0 bridgehead atoms. The third-order valence-corrected chi connectivity index (χ3v) is 2.74. The first-order valence-corrected chi connectivity index (χ1v) is 6.69. The summed E-state index contributed by atoms with van der Waals surface area (Å²) in [5.74, 6) is -0.495. The van der Waals surface area contributed by atoms with E-state index in [0.29, 0.717) is 16.9 Å². The number of nitrogens with zero attached hydrogens (tertiary/aromatic N) is 2. The molecule has 2 N–H and O–H groups in total. The lowest BCUT2D eigenvalue weighted by atomic mass is 10.2. The van der Waals surface area contributed by atoms with Gasteiger partial charge in [0.25, 0.3) is 5.91 Å². The van der Waals surface area contributed by atoms with Crippen molar-refractivity contribution in [3.8, 4) is 0 Å². The average molecular weight is 296 g/mol. The standard InChI is InChI=1S/C16H16N4O2/c1-11-4-3-5-15(18-11)10-17-20-16(22)13-6-8-14(9-7-13)19-12(2)21/h3-10H,1-2H3,(H,19,21)(H,20,22)/b17-10-. The van der Waals surface area contributed by atoms with Gasteiger partial charge in [-0.3, -0.25) is 14.6 Å². The number of anilines is 1. The SMILES string of the molecule is CC(=O)Nc1ccc(C(=O)N/N=C\c2cccc(C)n2)cc1. The molecule has 1 heterocycles. The highest BCUT2D eigenvalue weighted by Crippen LogP contribution is 2.09. The second-order valence-corrected chi connectivity index (χ2v) is 4.66. The van der Waals surface area contributed by atoms with E-state index >= 15 is 0 Å². The van der Waals surface area contributed by atoms with Crippen molar-refractivity contribution >= 4 is 23.7 Å². The Morgan fingerprint density at radius 3 is 2.50 bits per heavy atom. The molecule has 0 saturated heterocycles. The summed E-state index contributed by atoms with van der Waals surface area (Å²) in [7, 11) is 0. The quantitative estimate of drug-likeness (QED) is 0.669. The summed E-state index contributed by atoms with van der Waals surface area (Å²) < 4.78 is 0. The first-order chi connectivity index (χ1) is 10.5. The van der Waals surface area contributed by atoms with Gasteiger partial charge in [-0.05, 0) is 43.3 Å². The van der Waals surface area contributed by atoms with Crippen molar-refractivity contribution in [3.63, 3.8) is 0 Å². The minimum atomic E-state index is -0.335. The van der Waals surface area contributed by atoms with Crippen molar-refractivity contribution in [3.05, 3.63) is 59.4 Å². The van der Waals surface area contributed by atoms with Gasteiger partial charge in [-0.2, -0.15) is 5.10 Å². The van der Waals surface area contributed by atoms with Crippen LogP contribution in [0, 0.1) is 6.92 Å². The van der Waals surface area contributed by atoms with Crippen LogP contribution in [-0.4, -0.2) is 23.0 Å². The fourth-order valence-corrected chi connectivity index (χ4v) is 1.77. The van der Waals surface area contributed by atoms with Gasteiger partial charge in [0.2, 0.25) is 5.91 Å². The Morgan fingerprint density at radius 1 is 1.14 bits per heavy atom. The van der Waals surface area contributed by atoms with Gasteiger partial charge in [0.15, 0.2) is 0 Å². The summed E-state index contributed by atoms with van der Waals surface area (Å²) in [6, 6.07) is 12.1. The van der Waals surface area contributed by atoms with Crippen LogP contribution >= 0.6 is 0 Å². The Kier molecular flexibility index (Phi) is 4.98. The maximum atomic E-state index is 11.9. The molecule has 112 valence electrons. The molecule has 1 aromatic carbocycles. The number of hydrogen-bond acceptors (Lipinski definition) is 4. The van der Waals surface area contributed by atoms with Crippen LogP contribution in [-0.2, 0) is 4.79 Å². The summed E-state index contributed by atoms with van der Waals surface area (Å²) in [6.45, 7) is 3.31. The fourth-order valence-electron chi connectivity index (χ4n) is 1.77. The molecule has 2 aromatic rings. The molecule has 0 fully saturated rings. The molecule has 0 aliphatic heterocycles. The summed E-state index contributed by atoms with van der Waals surface area (Å²) in [5, 5.41) is 6.51. The zero-order chi connectivity index (χ0) is 15.9. The van der Waals surface area contributed by atoms with Crippen LogP contribution in [0.5, 0.6) is 0 Å². The minimum absolute atomic E-state index is 0.160. The topological polar surface area (TPSA) is 83.5 Å². The number of nitrogens with one attached hydrogen (secondary N) is 2. The first-order valence-electron chi connectivity index (χ1n) is 6.69. The number of amides is 2. The third kappa shape index (κ3) is 4.52. The lowest BCUT2D eigenvalue weighted by molar-refractivity contribution is -0.114. The van der Waals surface area contributed by atoms with Gasteiger partial charge in [0, 0.05) is 23.9 Å². The van der Waals surface area contributed by atoms with Crippen LogP contribution in [0.1, 0.15) is 28.7 Å². The zero-order valence-corrected chi connectivity index (χ0v) is 12.3. The highest BCUT2D eigenvalue weighted by Gasteiger charge is 2.04. The highest BCUT2D eigenvalue weighted by atomic mass is 16.2. The highest BCUT2D eigenvalue weighted by molar-refractivity contribution is 5.95. The van der Waals surface area contributed by atoms with Crippen molar-refractivity contribution < 1.29 is 9.59 Å². The van der Waals surface area contributed by atoms with Gasteiger partial charge in [0.05, 0.1) is 11.9 Å². The molecule has 0 aliphatic rings. The Balaban J connectivity index is 1.96. The number of pyridine rings is 1. The molecule has 2 amide bonds. The number of carbonyl (C=O) groups is 2. The van der Waals surface area contributed by atoms with E-state index in [4.69, 9.17) is 0 Å². The van der Waals surface area contributed by atoms with E-state index in [1.54, 1.807) is 30.3 Å². The number of rotatable bonds is 4. The van der Waals surface area contributed by atoms with Gasteiger partial charge >= 0.3 is 0 Å². The monoisotopic (exact) mass is 296 g/mol. The minimum Gasteiger partial charge on any atom is -0.326 e. The van der Waals surface area contributed by atoms with Crippen LogP contribution in [0.15, 0.2) is 47.6 Å². The normalized spacial score (nSPS) is 10.5. The van der Waals surface area contributed by atoms with Gasteiger partial charge in [-0.15, -0.1) is 0 Å². The van der Waals surface area contributed by atoms with Crippen LogP contribution in [0.4, 0.5) is 5.69 Å². The van der Waals surface area contributed by atoms with Crippen molar-refractivity contribution in [1.29, 1.82) is 0 Å². The molecular formula is C16H16N4O2. The van der Waals surface area contributed by atoms with Crippen molar-refractivity contribution in [2.24, 2.45) is 5.10 Å². The maximum absolute atomic E-state index is 11.9. The number of aryl methyl sites for hydroxylation is 1. The molecule has 6 heteroatoms. The molecule has 0 aliphatic carbocycles. The van der Waals surface area contributed by atoms with Crippen LogP contribution < -0.4 is 10.7 Å². The summed E-state index contributed by atoms with van der Waals surface area (Å²) in [6.07, 6.45) is 1.48. The first kappa shape index (κ1) is 15.4. The molecule has 0 saturated carbocycles. The Labute approximate surface area is 128 Å². The number of hydrogen-bond donors (Lipinski definition) is 2. The van der Waals surface area contributed by atoms with Crippen LogP contribution in [0.25, 0.3) is 0 Å². The molecular weight excluding hydrogens is 280 g/mol. The van der Waals surface area contributed by atoms with E-state index in [9.17, 15) is 9.59 Å². The predicted octanol–water partition coefficient (Wildman–Crippen LogP) is 2.11. The number of aromatic nitrogens is 1. The molecule has 0 radical (unpaired) electrons. The van der Waals surface area contributed by atoms with E-state index < -0.39 is 0 Å². The smallest absolute Gasteiger partial charge is 0.271 e. The molecule has 0 unspecified atom stereocenters. The zero-order valence-electron chi connectivity index (χ0n) is 12.3. The van der Waals surface area contributed by atoms with E-state index in [0.717, 1.165) is 5.69 Å². The molecule has 2 rings (SSSR count). The van der Waals surface area contributed by atoms with Crippen LogP contribution in [0.3, 0.4) is 0 Å². The van der Waals surface area contributed by atoms with Crippen molar-refractivity contribution in [1.82, 2.24) is 10.4 Å². The number of carbonyl (C=O) groups excluding carboxylic acids is 2. The summed E-state index contributed by atoms with van der Waals surface area (Å²) in [5.41, 5.74) is 5.06. The van der Waals surface area contributed by atoms with Gasteiger partial charge < -0.3 is 5.32 Å². The predicted molar refractivity (Wildman–Crippen MR) is 84.8 cm³/mol. The Hall–Kier alpha value is -3.02. The average Bonchev–Trinajstić information content (AvgIpc) is 2.47. The summed E-state index contributed by atoms with van der Waals surface area (Å²) >= 11 is 0. The van der Waals surface area contributed by atoms with Gasteiger partial charge in [-0.25, -0.2) is 5.43 Å². The number of hydrazone groups is 1.